The molecule has 1 aromatic carbocycles. The molecule has 2 unspecified atom stereocenters. The van der Waals surface area contributed by atoms with Crippen molar-refractivity contribution in [1.29, 1.82) is 0 Å². The molecule has 1 aliphatic rings. The second kappa shape index (κ2) is 7.73. The molecule has 9 heteroatoms. The third kappa shape index (κ3) is 5.02. The van der Waals surface area contributed by atoms with E-state index in [1.807, 2.05) is 0 Å². The lowest BCUT2D eigenvalue weighted by molar-refractivity contribution is -0.121. The predicted molar refractivity (Wildman–Crippen MR) is 87.9 cm³/mol. The van der Waals surface area contributed by atoms with Crippen molar-refractivity contribution < 1.29 is 23.1 Å². The third-order valence-corrected chi connectivity index (χ3v) is 5.40. The van der Waals surface area contributed by atoms with Crippen LogP contribution in [-0.4, -0.2) is 56.3 Å². The van der Waals surface area contributed by atoms with Crippen LogP contribution in [-0.2, 0) is 20.4 Å². The van der Waals surface area contributed by atoms with Gasteiger partial charge in [0.05, 0.1) is 23.7 Å². The van der Waals surface area contributed by atoms with Crippen molar-refractivity contribution >= 4 is 21.7 Å². The van der Waals surface area contributed by atoms with E-state index in [4.69, 9.17) is 5.73 Å². The van der Waals surface area contributed by atoms with Gasteiger partial charge in [0.15, 0.2) is 9.84 Å². The maximum Gasteiger partial charge on any atom is 0.249 e. The fourth-order valence-corrected chi connectivity index (χ4v) is 3.90. The van der Waals surface area contributed by atoms with Crippen molar-refractivity contribution in [2.45, 2.75) is 24.3 Å². The van der Waals surface area contributed by atoms with Gasteiger partial charge in [-0.05, 0) is 11.6 Å². The Morgan fingerprint density at radius 2 is 2.00 bits per heavy atom. The van der Waals surface area contributed by atoms with E-state index in [1.54, 1.807) is 12.1 Å². The van der Waals surface area contributed by atoms with Crippen molar-refractivity contribution in [2.75, 3.05) is 18.8 Å². The number of β-amino-alcohol motifs (C(OH)–C–C–N with tert-alkyl or cyclic N) is 1. The normalized spacial score (nSPS) is 20.7. The summed E-state index contributed by atoms with van der Waals surface area (Å²) in [5, 5.41) is 15.1. The summed E-state index contributed by atoms with van der Waals surface area (Å²) in [6.45, 7) is 0.846. The SMILES string of the molecule is NC(=O)c1ccccc1CS(=O)(=O)CCC(=O)NC1CNCC1O. The highest BCUT2D eigenvalue weighted by atomic mass is 32.2. The number of aliphatic hydroxyl groups is 1. The zero-order chi connectivity index (χ0) is 17.7. The minimum absolute atomic E-state index is 0.158. The third-order valence-electron chi connectivity index (χ3n) is 3.83. The van der Waals surface area contributed by atoms with E-state index in [0.29, 0.717) is 18.7 Å². The van der Waals surface area contributed by atoms with Crippen LogP contribution in [0.15, 0.2) is 24.3 Å². The highest BCUT2D eigenvalue weighted by molar-refractivity contribution is 7.90. The number of nitrogens with two attached hydrogens (primary N) is 1. The van der Waals surface area contributed by atoms with Crippen molar-refractivity contribution in [1.82, 2.24) is 10.6 Å². The molecule has 0 aromatic heterocycles. The van der Waals surface area contributed by atoms with Crippen molar-refractivity contribution in [2.24, 2.45) is 5.73 Å². The molecule has 0 radical (unpaired) electrons. The molecular weight excluding hydrogens is 334 g/mol. The molecule has 1 fully saturated rings. The second-order valence-corrected chi connectivity index (χ2v) is 7.95. The highest BCUT2D eigenvalue weighted by Crippen LogP contribution is 2.13. The number of carbonyl (C=O) groups is 2. The van der Waals surface area contributed by atoms with E-state index in [1.165, 1.54) is 12.1 Å². The van der Waals surface area contributed by atoms with E-state index < -0.39 is 33.8 Å². The summed E-state index contributed by atoms with van der Waals surface area (Å²) in [6.07, 6.45) is -0.877. The first-order valence-electron chi connectivity index (χ1n) is 7.55. The molecule has 1 aromatic rings. The number of carbonyl (C=O) groups excluding carboxylic acids is 2. The van der Waals surface area contributed by atoms with Crippen LogP contribution in [0.5, 0.6) is 0 Å². The number of sulfone groups is 1. The molecule has 1 aliphatic heterocycles. The summed E-state index contributed by atoms with van der Waals surface area (Å²) in [6, 6.07) is 5.81. The molecule has 0 saturated carbocycles. The van der Waals surface area contributed by atoms with Crippen LogP contribution in [0.25, 0.3) is 0 Å². The monoisotopic (exact) mass is 355 g/mol. The van der Waals surface area contributed by atoms with Crippen molar-refractivity contribution in [3.63, 3.8) is 0 Å². The fourth-order valence-electron chi connectivity index (χ4n) is 2.54. The van der Waals surface area contributed by atoms with Gasteiger partial charge in [0.1, 0.15) is 0 Å². The van der Waals surface area contributed by atoms with Gasteiger partial charge in [-0.1, -0.05) is 18.2 Å². The van der Waals surface area contributed by atoms with Crippen molar-refractivity contribution in [3.8, 4) is 0 Å². The minimum Gasteiger partial charge on any atom is -0.390 e. The Bertz CT molecular complexity index is 720. The summed E-state index contributed by atoms with van der Waals surface area (Å²) in [5.74, 6) is -1.83. The maximum atomic E-state index is 12.2. The average molecular weight is 355 g/mol. The Morgan fingerprint density at radius 1 is 1.29 bits per heavy atom. The summed E-state index contributed by atoms with van der Waals surface area (Å²) in [7, 11) is -3.58. The Balaban J connectivity index is 1.92. The van der Waals surface area contributed by atoms with Crippen LogP contribution in [0.1, 0.15) is 22.3 Å². The number of primary amides is 1. The molecule has 0 spiro atoms. The van der Waals surface area contributed by atoms with Crippen LogP contribution < -0.4 is 16.4 Å². The van der Waals surface area contributed by atoms with E-state index in [9.17, 15) is 23.1 Å². The number of nitrogens with one attached hydrogen (secondary N) is 2. The van der Waals surface area contributed by atoms with E-state index >= 15 is 0 Å². The lowest BCUT2D eigenvalue weighted by atomic mass is 10.1. The van der Waals surface area contributed by atoms with Gasteiger partial charge in [0.2, 0.25) is 11.8 Å². The summed E-state index contributed by atoms with van der Waals surface area (Å²) in [4.78, 5) is 23.2. The molecule has 132 valence electrons. The number of hydrogen-bond acceptors (Lipinski definition) is 6. The second-order valence-electron chi connectivity index (χ2n) is 5.76. The minimum atomic E-state index is -3.58. The van der Waals surface area contributed by atoms with Gasteiger partial charge in [0.25, 0.3) is 0 Å². The van der Waals surface area contributed by atoms with Gasteiger partial charge in [-0.15, -0.1) is 0 Å². The molecule has 8 nitrogen and oxygen atoms in total. The predicted octanol–water partition coefficient (Wildman–Crippen LogP) is -1.46. The standard InChI is InChI=1S/C15H21N3O5S/c16-15(21)11-4-2-1-3-10(11)9-24(22,23)6-5-14(20)18-12-7-17-8-13(12)19/h1-4,12-13,17,19H,5-9H2,(H2,16,21)(H,18,20). The van der Waals surface area contributed by atoms with Gasteiger partial charge in [-0.3, -0.25) is 9.59 Å². The van der Waals surface area contributed by atoms with Gasteiger partial charge in [-0.2, -0.15) is 0 Å². The summed E-state index contributed by atoms with van der Waals surface area (Å²) < 4.78 is 24.4. The first-order chi connectivity index (χ1) is 11.3. The first-order valence-corrected chi connectivity index (χ1v) is 9.37. The highest BCUT2D eigenvalue weighted by Gasteiger charge is 2.26. The Labute approximate surface area is 140 Å². The number of rotatable bonds is 7. The summed E-state index contributed by atoms with van der Waals surface area (Å²) in [5.41, 5.74) is 5.71. The summed E-state index contributed by atoms with van der Waals surface area (Å²) >= 11 is 0. The number of aliphatic hydroxyl groups excluding tert-OH is 1. The molecule has 0 aliphatic carbocycles. The largest absolute Gasteiger partial charge is 0.390 e. The van der Waals surface area contributed by atoms with Crippen LogP contribution in [0.4, 0.5) is 0 Å². The topological polar surface area (TPSA) is 139 Å². The van der Waals surface area contributed by atoms with E-state index in [2.05, 4.69) is 10.6 Å². The van der Waals surface area contributed by atoms with Crippen LogP contribution >= 0.6 is 0 Å². The molecule has 0 bridgehead atoms. The van der Waals surface area contributed by atoms with Crippen LogP contribution in [0.2, 0.25) is 0 Å². The zero-order valence-corrected chi connectivity index (χ0v) is 13.9. The fraction of sp³-hybridized carbons (Fsp3) is 0.467. The first kappa shape index (κ1) is 18.4. The lowest BCUT2D eigenvalue weighted by Crippen LogP contribution is -2.43. The maximum absolute atomic E-state index is 12.2. The molecule has 1 saturated heterocycles. The van der Waals surface area contributed by atoms with Crippen molar-refractivity contribution in [3.05, 3.63) is 35.4 Å². The molecule has 1 heterocycles. The van der Waals surface area contributed by atoms with Crippen LogP contribution in [0, 0.1) is 0 Å². The van der Waals surface area contributed by atoms with Gasteiger partial charge in [0, 0.05) is 25.1 Å². The van der Waals surface area contributed by atoms with E-state index in [0.717, 1.165) is 0 Å². The number of benzene rings is 1. The molecule has 2 amide bonds. The molecular formula is C15H21N3O5S. The molecule has 5 N–H and O–H groups in total. The lowest BCUT2D eigenvalue weighted by Gasteiger charge is -2.15. The van der Waals surface area contributed by atoms with E-state index in [-0.39, 0.29) is 23.5 Å². The molecule has 24 heavy (non-hydrogen) atoms. The average Bonchev–Trinajstić information content (AvgIpc) is 2.90. The van der Waals surface area contributed by atoms with Crippen LogP contribution in [0.3, 0.4) is 0 Å². The quantitative estimate of drug-likeness (QED) is 0.471. The Kier molecular flexibility index (Phi) is 5.92. The molecule has 2 rings (SSSR count). The molecule has 2 atom stereocenters. The smallest absolute Gasteiger partial charge is 0.249 e. The number of hydrogen-bond donors (Lipinski definition) is 4. The Hall–Kier alpha value is -1.97. The van der Waals surface area contributed by atoms with Gasteiger partial charge in [-0.25, -0.2) is 8.42 Å². The van der Waals surface area contributed by atoms with Gasteiger partial charge >= 0.3 is 0 Å². The van der Waals surface area contributed by atoms with Gasteiger partial charge < -0.3 is 21.5 Å². The zero-order valence-electron chi connectivity index (χ0n) is 13.1. The Morgan fingerprint density at radius 3 is 2.62 bits per heavy atom. The number of amides is 2.